The van der Waals surface area contributed by atoms with Crippen LogP contribution in [0.4, 0.5) is 5.13 Å². The van der Waals surface area contributed by atoms with E-state index >= 15 is 0 Å². The Balaban J connectivity index is 1.56. The van der Waals surface area contributed by atoms with Gasteiger partial charge in [-0.2, -0.15) is 0 Å². The first kappa shape index (κ1) is 13.9. The lowest BCUT2D eigenvalue weighted by Gasteiger charge is -2.22. The molecule has 1 saturated heterocycles. The predicted octanol–water partition coefficient (Wildman–Crippen LogP) is 2.06. The van der Waals surface area contributed by atoms with Gasteiger partial charge in [-0.3, -0.25) is 4.79 Å². The summed E-state index contributed by atoms with van der Waals surface area (Å²) in [5.74, 6) is 0.883. The molecule has 1 atom stereocenters. The van der Waals surface area contributed by atoms with E-state index in [0.29, 0.717) is 11.0 Å². The summed E-state index contributed by atoms with van der Waals surface area (Å²) in [5, 5.41) is 16.2. The van der Waals surface area contributed by atoms with E-state index in [1.54, 1.807) is 0 Å². The molecular formula is C14H22N4OS. The summed E-state index contributed by atoms with van der Waals surface area (Å²) in [6.45, 7) is 6.40. The molecule has 1 aliphatic heterocycles. The first-order valence-corrected chi connectivity index (χ1v) is 8.25. The average Bonchev–Trinajstić information content (AvgIpc) is 2.91. The minimum absolute atomic E-state index is 0.138. The summed E-state index contributed by atoms with van der Waals surface area (Å²) in [7, 11) is 0. The molecule has 2 aliphatic rings. The van der Waals surface area contributed by atoms with Crippen molar-refractivity contribution in [2.24, 2.45) is 17.3 Å². The fraction of sp³-hybridized carbons (Fsp3) is 0.786. The molecule has 0 bridgehead atoms. The zero-order valence-corrected chi connectivity index (χ0v) is 12.9. The highest BCUT2D eigenvalue weighted by Crippen LogP contribution is 2.58. The molecule has 3 rings (SSSR count). The molecule has 1 unspecified atom stereocenters. The second-order valence-corrected chi connectivity index (χ2v) is 7.52. The molecule has 110 valence electrons. The van der Waals surface area contributed by atoms with Crippen LogP contribution in [-0.4, -0.2) is 29.2 Å². The Bertz CT molecular complexity index is 493. The topological polar surface area (TPSA) is 66.9 Å². The maximum Gasteiger partial charge on any atom is 0.229 e. The molecule has 1 aromatic heterocycles. The molecule has 0 aromatic carbocycles. The number of amides is 1. The third kappa shape index (κ3) is 2.86. The van der Waals surface area contributed by atoms with Crippen molar-refractivity contribution in [3.8, 4) is 0 Å². The quantitative estimate of drug-likeness (QED) is 0.892. The summed E-state index contributed by atoms with van der Waals surface area (Å²) < 4.78 is 0. The summed E-state index contributed by atoms with van der Waals surface area (Å²) >= 11 is 1.50. The van der Waals surface area contributed by atoms with Crippen LogP contribution in [0.15, 0.2) is 0 Å². The van der Waals surface area contributed by atoms with Crippen LogP contribution in [0.5, 0.6) is 0 Å². The summed E-state index contributed by atoms with van der Waals surface area (Å²) in [6, 6.07) is 0. The number of carbonyl (C=O) groups is 1. The van der Waals surface area contributed by atoms with Crippen molar-refractivity contribution in [2.45, 2.75) is 39.5 Å². The number of carbonyl (C=O) groups excluding carboxylic acids is 1. The lowest BCUT2D eigenvalue weighted by molar-refractivity contribution is -0.118. The van der Waals surface area contributed by atoms with Gasteiger partial charge in [-0.05, 0) is 43.7 Å². The highest BCUT2D eigenvalue weighted by atomic mass is 32.1. The molecule has 1 saturated carbocycles. The minimum Gasteiger partial charge on any atom is -0.317 e. The molecule has 1 amide bonds. The van der Waals surface area contributed by atoms with E-state index in [-0.39, 0.29) is 17.2 Å². The van der Waals surface area contributed by atoms with E-state index in [9.17, 15) is 4.79 Å². The summed E-state index contributed by atoms with van der Waals surface area (Å²) in [5.41, 5.74) is 0.279. The van der Waals surface area contributed by atoms with Crippen LogP contribution in [0.25, 0.3) is 0 Å². The maximum absolute atomic E-state index is 12.3. The standard InChI is InChI=1S/C14H22N4OS/c1-9(2)7-11-17-18-13(20-11)16-12(19)10-8-14(10)3-5-15-6-4-14/h9-10,15H,3-8H2,1-2H3,(H,16,18,19). The van der Waals surface area contributed by atoms with Crippen molar-refractivity contribution in [3.63, 3.8) is 0 Å². The zero-order chi connectivity index (χ0) is 14.2. The lowest BCUT2D eigenvalue weighted by Crippen LogP contribution is -2.31. The van der Waals surface area contributed by atoms with Crippen LogP contribution in [0.1, 0.15) is 38.1 Å². The molecule has 20 heavy (non-hydrogen) atoms. The Morgan fingerprint density at radius 2 is 2.20 bits per heavy atom. The van der Waals surface area contributed by atoms with E-state index in [4.69, 9.17) is 0 Å². The molecule has 2 heterocycles. The largest absolute Gasteiger partial charge is 0.317 e. The molecular weight excluding hydrogens is 272 g/mol. The molecule has 1 spiro atoms. The molecule has 5 nitrogen and oxygen atoms in total. The van der Waals surface area contributed by atoms with Crippen LogP contribution in [0, 0.1) is 17.3 Å². The maximum atomic E-state index is 12.3. The van der Waals surface area contributed by atoms with Crippen molar-refractivity contribution < 1.29 is 4.79 Å². The van der Waals surface area contributed by atoms with Crippen molar-refractivity contribution >= 4 is 22.4 Å². The fourth-order valence-corrected chi connectivity index (χ4v) is 4.08. The number of aromatic nitrogens is 2. The highest BCUT2D eigenvalue weighted by Gasteiger charge is 2.57. The molecule has 0 radical (unpaired) electrons. The molecule has 2 N–H and O–H groups in total. The van der Waals surface area contributed by atoms with E-state index in [1.807, 2.05) is 0 Å². The van der Waals surface area contributed by atoms with Crippen LogP contribution in [0.3, 0.4) is 0 Å². The van der Waals surface area contributed by atoms with Gasteiger partial charge in [-0.15, -0.1) is 10.2 Å². The van der Waals surface area contributed by atoms with Gasteiger partial charge in [0.05, 0.1) is 0 Å². The van der Waals surface area contributed by atoms with Gasteiger partial charge in [0.2, 0.25) is 11.0 Å². The van der Waals surface area contributed by atoms with Gasteiger partial charge in [0.1, 0.15) is 5.01 Å². The molecule has 2 fully saturated rings. The van der Waals surface area contributed by atoms with Gasteiger partial charge in [0, 0.05) is 12.3 Å². The van der Waals surface area contributed by atoms with Gasteiger partial charge in [0.25, 0.3) is 0 Å². The van der Waals surface area contributed by atoms with Crippen LogP contribution in [-0.2, 0) is 11.2 Å². The van der Waals surface area contributed by atoms with Gasteiger partial charge in [0.15, 0.2) is 0 Å². The van der Waals surface area contributed by atoms with Gasteiger partial charge < -0.3 is 10.6 Å². The number of hydrogen-bond donors (Lipinski definition) is 2. The van der Waals surface area contributed by atoms with Crippen LogP contribution in [0.2, 0.25) is 0 Å². The summed E-state index contributed by atoms with van der Waals surface area (Å²) in [6.07, 6.45) is 4.21. The van der Waals surface area contributed by atoms with Crippen molar-refractivity contribution in [3.05, 3.63) is 5.01 Å². The van der Waals surface area contributed by atoms with E-state index in [1.165, 1.54) is 11.3 Å². The Labute approximate surface area is 123 Å². The third-order valence-corrected chi connectivity index (χ3v) is 5.25. The van der Waals surface area contributed by atoms with Crippen molar-refractivity contribution in [1.29, 1.82) is 0 Å². The summed E-state index contributed by atoms with van der Waals surface area (Å²) in [4.78, 5) is 12.3. The lowest BCUT2D eigenvalue weighted by atomic mass is 9.92. The van der Waals surface area contributed by atoms with Crippen LogP contribution >= 0.6 is 11.3 Å². The van der Waals surface area contributed by atoms with Gasteiger partial charge in [-0.25, -0.2) is 0 Å². The highest BCUT2D eigenvalue weighted by molar-refractivity contribution is 7.15. The smallest absolute Gasteiger partial charge is 0.229 e. The van der Waals surface area contributed by atoms with E-state index < -0.39 is 0 Å². The Morgan fingerprint density at radius 1 is 1.45 bits per heavy atom. The Morgan fingerprint density at radius 3 is 2.90 bits per heavy atom. The monoisotopic (exact) mass is 294 g/mol. The van der Waals surface area contributed by atoms with Gasteiger partial charge >= 0.3 is 0 Å². The molecule has 6 heteroatoms. The first-order chi connectivity index (χ1) is 9.59. The predicted molar refractivity (Wildman–Crippen MR) is 79.7 cm³/mol. The van der Waals surface area contributed by atoms with E-state index in [0.717, 1.165) is 43.8 Å². The van der Waals surface area contributed by atoms with E-state index in [2.05, 4.69) is 34.7 Å². The normalized spacial score (nSPS) is 24.1. The third-order valence-electron chi connectivity index (χ3n) is 4.39. The number of hydrogen-bond acceptors (Lipinski definition) is 5. The number of anilines is 1. The van der Waals surface area contributed by atoms with Crippen molar-refractivity contribution in [2.75, 3.05) is 18.4 Å². The Kier molecular flexibility index (Phi) is 3.77. The number of rotatable bonds is 4. The second-order valence-electron chi connectivity index (χ2n) is 6.46. The second kappa shape index (κ2) is 5.41. The Hall–Kier alpha value is -1.01. The number of piperidine rings is 1. The average molecular weight is 294 g/mol. The fourth-order valence-electron chi connectivity index (χ4n) is 3.12. The number of nitrogens with zero attached hydrogens (tertiary/aromatic N) is 2. The molecule has 1 aromatic rings. The zero-order valence-electron chi connectivity index (χ0n) is 12.1. The van der Waals surface area contributed by atoms with Crippen LogP contribution < -0.4 is 10.6 Å². The SMILES string of the molecule is CC(C)Cc1nnc(NC(=O)C2CC23CCNCC3)s1. The number of nitrogens with one attached hydrogen (secondary N) is 2. The van der Waals surface area contributed by atoms with Crippen molar-refractivity contribution in [1.82, 2.24) is 15.5 Å². The minimum atomic E-state index is 0.138. The first-order valence-electron chi connectivity index (χ1n) is 7.43. The van der Waals surface area contributed by atoms with Gasteiger partial charge in [-0.1, -0.05) is 25.2 Å². The molecule has 1 aliphatic carbocycles.